The van der Waals surface area contributed by atoms with Crippen LogP contribution in [0.1, 0.15) is 19.4 Å². The molecule has 0 aliphatic heterocycles. The Morgan fingerprint density at radius 1 is 1.50 bits per heavy atom. The zero-order chi connectivity index (χ0) is 13.1. The number of benzene rings is 1. The number of carbonyl (C=O) groups is 1. The number of carbonyl (C=O) groups excluding carboxylic acids is 1. The smallest absolute Gasteiger partial charge is 0.240 e. The summed E-state index contributed by atoms with van der Waals surface area (Å²) in [4.78, 5) is 15.7. The van der Waals surface area contributed by atoms with Crippen molar-refractivity contribution in [1.29, 1.82) is 0 Å². The van der Waals surface area contributed by atoms with E-state index in [-0.39, 0.29) is 11.9 Å². The Morgan fingerprint density at radius 3 is 2.89 bits per heavy atom. The molecule has 2 rings (SSSR count). The minimum Gasteiger partial charge on any atom is -0.399 e. The van der Waals surface area contributed by atoms with Crippen LogP contribution in [0.2, 0.25) is 0 Å². The summed E-state index contributed by atoms with van der Waals surface area (Å²) >= 11 is 0. The molecular weight excluding hydrogens is 228 g/mol. The third-order valence-corrected chi connectivity index (χ3v) is 2.86. The molecule has 18 heavy (non-hydrogen) atoms. The average molecular weight is 244 g/mol. The third kappa shape index (κ3) is 2.20. The maximum Gasteiger partial charge on any atom is 0.240 e. The zero-order valence-electron chi connectivity index (χ0n) is 10.2. The van der Waals surface area contributed by atoms with Gasteiger partial charge in [0.15, 0.2) is 0 Å². The number of amides is 1. The Kier molecular flexibility index (Phi) is 3.32. The molecule has 0 aliphatic carbocycles. The summed E-state index contributed by atoms with van der Waals surface area (Å²) in [6, 6.07) is 7.01. The molecule has 1 aromatic heterocycles. The van der Waals surface area contributed by atoms with Crippen LogP contribution >= 0.6 is 0 Å². The second kappa shape index (κ2) is 4.91. The molecule has 4 N–H and O–H groups in total. The molecule has 0 radical (unpaired) electrons. The number of primary amides is 1. The second-order valence-corrected chi connectivity index (χ2v) is 4.11. The fourth-order valence-corrected chi connectivity index (χ4v) is 2.00. The molecule has 1 heterocycles. The minimum atomic E-state index is -0.385. The van der Waals surface area contributed by atoms with Gasteiger partial charge < -0.3 is 16.0 Å². The van der Waals surface area contributed by atoms with Crippen molar-refractivity contribution < 1.29 is 4.79 Å². The van der Waals surface area contributed by atoms with Gasteiger partial charge in [-0.2, -0.15) is 0 Å². The Labute approximate surface area is 105 Å². The van der Waals surface area contributed by atoms with Gasteiger partial charge >= 0.3 is 0 Å². The lowest BCUT2D eigenvalue weighted by Gasteiger charge is -2.16. The molecule has 0 saturated heterocycles. The standard InChI is InChI=1S/C13H16N4O/c1-2-11(12(15)18)17-7-6-16-13(17)9-4-3-5-10(14)8-9/h3-8,11H,2,14H2,1H3,(H2,15,18). The number of imidazole rings is 1. The molecule has 0 spiro atoms. The van der Waals surface area contributed by atoms with Crippen molar-refractivity contribution in [3.8, 4) is 11.4 Å². The van der Waals surface area contributed by atoms with Gasteiger partial charge in [-0.25, -0.2) is 4.98 Å². The molecule has 0 saturated carbocycles. The SMILES string of the molecule is CCC(C(N)=O)n1ccnc1-c1cccc(N)c1. The van der Waals surface area contributed by atoms with Crippen molar-refractivity contribution in [3.63, 3.8) is 0 Å². The first kappa shape index (κ1) is 12.2. The summed E-state index contributed by atoms with van der Waals surface area (Å²) in [5, 5.41) is 0. The van der Waals surface area contributed by atoms with Gasteiger partial charge in [-0.3, -0.25) is 4.79 Å². The topological polar surface area (TPSA) is 86.9 Å². The van der Waals surface area contributed by atoms with Crippen molar-refractivity contribution in [1.82, 2.24) is 9.55 Å². The maximum absolute atomic E-state index is 11.4. The molecule has 5 nitrogen and oxygen atoms in total. The van der Waals surface area contributed by atoms with Crippen LogP contribution in [0.25, 0.3) is 11.4 Å². The molecule has 2 aromatic rings. The van der Waals surface area contributed by atoms with Gasteiger partial charge in [0.05, 0.1) is 0 Å². The summed E-state index contributed by atoms with van der Waals surface area (Å²) in [5.41, 5.74) is 12.7. The van der Waals surface area contributed by atoms with Crippen molar-refractivity contribution in [2.75, 3.05) is 5.73 Å². The summed E-state index contributed by atoms with van der Waals surface area (Å²) in [6.45, 7) is 1.92. The first-order chi connectivity index (χ1) is 8.63. The van der Waals surface area contributed by atoms with Crippen LogP contribution in [0.3, 0.4) is 0 Å². The fraction of sp³-hybridized carbons (Fsp3) is 0.231. The molecule has 1 amide bonds. The van der Waals surface area contributed by atoms with E-state index in [9.17, 15) is 4.79 Å². The number of rotatable bonds is 4. The van der Waals surface area contributed by atoms with E-state index in [1.807, 2.05) is 31.2 Å². The fourth-order valence-electron chi connectivity index (χ4n) is 2.00. The van der Waals surface area contributed by atoms with E-state index in [4.69, 9.17) is 11.5 Å². The normalized spacial score (nSPS) is 12.3. The quantitative estimate of drug-likeness (QED) is 0.800. The third-order valence-electron chi connectivity index (χ3n) is 2.86. The van der Waals surface area contributed by atoms with Gasteiger partial charge in [0.2, 0.25) is 5.91 Å². The Morgan fingerprint density at radius 2 is 2.28 bits per heavy atom. The van der Waals surface area contributed by atoms with Crippen LogP contribution in [0, 0.1) is 0 Å². The predicted octanol–water partition coefficient (Wildman–Crippen LogP) is 1.57. The van der Waals surface area contributed by atoms with Crippen molar-refractivity contribution in [3.05, 3.63) is 36.7 Å². The second-order valence-electron chi connectivity index (χ2n) is 4.11. The number of nitrogens with zero attached hydrogens (tertiary/aromatic N) is 2. The van der Waals surface area contributed by atoms with E-state index < -0.39 is 0 Å². The Hall–Kier alpha value is -2.30. The van der Waals surface area contributed by atoms with E-state index in [0.717, 1.165) is 5.56 Å². The number of nitrogens with two attached hydrogens (primary N) is 2. The van der Waals surface area contributed by atoms with Gasteiger partial charge in [-0.15, -0.1) is 0 Å². The predicted molar refractivity (Wildman–Crippen MR) is 70.6 cm³/mol. The van der Waals surface area contributed by atoms with Gasteiger partial charge in [-0.05, 0) is 18.6 Å². The zero-order valence-corrected chi connectivity index (χ0v) is 10.2. The largest absolute Gasteiger partial charge is 0.399 e. The monoisotopic (exact) mass is 244 g/mol. The van der Waals surface area contributed by atoms with E-state index in [1.54, 1.807) is 17.0 Å². The van der Waals surface area contributed by atoms with E-state index >= 15 is 0 Å². The van der Waals surface area contributed by atoms with Gasteiger partial charge in [0.1, 0.15) is 11.9 Å². The van der Waals surface area contributed by atoms with Crippen LogP contribution in [-0.4, -0.2) is 15.5 Å². The number of hydrogen-bond donors (Lipinski definition) is 2. The Balaban J connectivity index is 2.47. The highest BCUT2D eigenvalue weighted by Gasteiger charge is 2.18. The van der Waals surface area contributed by atoms with Crippen LogP contribution in [0.5, 0.6) is 0 Å². The summed E-state index contributed by atoms with van der Waals surface area (Å²) in [7, 11) is 0. The molecular formula is C13H16N4O. The summed E-state index contributed by atoms with van der Waals surface area (Å²) < 4.78 is 1.79. The van der Waals surface area contributed by atoms with E-state index in [0.29, 0.717) is 17.9 Å². The molecule has 0 aliphatic rings. The first-order valence-electron chi connectivity index (χ1n) is 5.81. The van der Waals surface area contributed by atoms with E-state index in [2.05, 4.69) is 4.98 Å². The van der Waals surface area contributed by atoms with Crippen molar-refractivity contribution in [2.24, 2.45) is 5.73 Å². The van der Waals surface area contributed by atoms with Crippen LogP contribution < -0.4 is 11.5 Å². The van der Waals surface area contributed by atoms with Crippen LogP contribution in [-0.2, 0) is 4.79 Å². The van der Waals surface area contributed by atoms with Gasteiger partial charge in [-0.1, -0.05) is 19.1 Å². The first-order valence-corrected chi connectivity index (χ1v) is 5.81. The summed E-state index contributed by atoms with van der Waals surface area (Å²) in [5.74, 6) is 0.341. The molecule has 0 fully saturated rings. The van der Waals surface area contributed by atoms with Gasteiger partial charge in [0, 0.05) is 23.6 Å². The molecule has 1 aromatic carbocycles. The molecule has 1 unspecified atom stereocenters. The van der Waals surface area contributed by atoms with Crippen molar-refractivity contribution in [2.45, 2.75) is 19.4 Å². The minimum absolute atomic E-state index is 0.361. The number of anilines is 1. The lowest BCUT2D eigenvalue weighted by atomic mass is 10.1. The molecule has 5 heteroatoms. The highest BCUT2D eigenvalue weighted by molar-refractivity contribution is 5.79. The number of hydrogen-bond acceptors (Lipinski definition) is 3. The number of aromatic nitrogens is 2. The Bertz CT molecular complexity index is 562. The average Bonchev–Trinajstić information content (AvgIpc) is 2.78. The highest BCUT2D eigenvalue weighted by Crippen LogP contribution is 2.24. The highest BCUT2D eigenvalue weighted by atomic mass is 16.1. The van der Waals surface area contributed by atoms with E-state index in [1.165, 1.54) is 0 Å². The number of nitrogen functional groups attached to an aromatic ring is 1. The lowest BCUT2D eigenvalue weighted by Crippen LogP contribution is -2.26. The van der Waals surface area contributed by atoms with Crippen molar-refractivity contribution >= 4 is 11.6 Å². The lowest BCUT2D eigenvalue weighted by molar-refractivity contribution is -0.121. The molecule has 1 atom stereocenters. The summed E-state index contributed by atoms with van der Waals surface area (Å²) in [6.07, 6.45) is 4.04. The molecule has 0 bridgehead atoms. The maximum atomic E-state index is 11.4. The molecule has 94 valence electrons. The van der Waals surface area contributed by atoms with Crippen LogP contribution in [0.15, 0.2) is 36.7 Å². The van der Waals surface area contributed by atoms with Gasteiger partial charge in [0.25, 0.3) is 0 Å². The van der Waals surface area contributed by atoms with Crippen LogP contribution in [0.4, 0.5) is 5.69 Å².